The van der Waals surface area contributed by atoms with Crippen LogP contribution in [0.25, 0.3) is 0 Å². The average Bonchev–Trinajstić information content (AvgIpc) is 2.77. The number of aliphatic hydroxyl groups is 1. The van der Waals surface area contributed by atoms with Crippen molar-refractivity contribution in [2.24, 2.45) is 0 Å². The Balaban J connectivity index is 2.32. The van der Waals surface area contributed by atoms with Gasteiger partial charge in [0.25, 0.3) is 0 Å². The van der Waals surface area contributed by atoms with Crippen LogP contribution < -0.4 is 0 Å². The second kappa shape index (κ2) is 4.41. The zero-order valence-corrected chi connectivity index (χ0v) is 8.98. The Hall–Kier alpha value is -1.40. The lowest BCUT2D eigenvalue weighted by Gasteiger charge is -2.07. The van der Waals surface area contributed by atoms with Gasteiger partial charge in [0.15, 0.2) is 0 Å². The molecule has 0 radical (unpaired) electrons. The maximum atomic E-state index is 10.0. The molecule has 2 heterocycles. The van der Waals surface area contributed by atoms with Crippen molar-refractivity contribution < 1.29 is 5.11 Å². The minimum Gasteiger partial charge on any atom is -0.381 e. The molecule has 6 heteroatoms. The van der Waals surface area contributed by atoms with Crippen LogP contribution in [0.1, 0.15) is 29.3 Å². The molecule has 0 aromatic carbocycles. The van der Waals surface area contributed by atoms with Crippen molar-refractivity contribution in [2.45, 2.75) is 19.4 Å². The molecule has 0 aliphatic carbocycles. The van der Waals surface area contributed by atoms with E-state index in [1.54, 1.807) is 18.6 Å². The molecule has 2 rings (SSSR count). The van der Waals surface area contributed by atoms with E-state index in [4.69, 9.17) is 0 Å². The van der Waals surface area contributed by atoms with Gasteiger partial charge in [0.2, 0.25) is 0 Å². The number of hydrogen-bond donors (Lipinski definition) is 1. The molecule has 0 fully saturated rings. The Labute approximate surface area is 91.0 Å². The van der Waals surface area contributed by atoms with Crippen LogP contribution in [-0.4, -0.2) is 24.7 Å². The summed E-state index contributed by atoms with van der Waals surface area (Å²) >= 11 is 1.20. The van der Waals surface area contributed by atoms with E-state index in [1.165, 1.54) is 11.5 Å². The normalized spacial score (nSPS) is 12.7. The van der Waals surface area contributed by atoms with Gasteiger partial charge >= 0.3 is 0 Å². The van der Waals surface area contributed by atoms with E-state index < -0.39 is 6.10 Å². The first-order valence-corrected chi connectivity index (χ1v) is 5.35. The summed E-state index contributed by atoms with van der Waals surface area (Å²) in [6.45, 7) is 1.98. The molecule has 1 atom stereocenters. The fraction of sp³-hybridized carbons (Fsp3) is 0.333. The van der Waals surface area contributed by atoms with Gasteiger partial charge in [-0.3, -0.25) is 9.97 Å². The SMILES string of the molecule is CCc1nnsc1C(O)c1cnccn1. The van der Waals surface area contributed by atoms with E-state index in [2.05, 4.69) is 19.6 Å². The largest absolute Gasteiger partial charge is 0.381 e. The second-order valence-corrected chi connectivity index (χ2v) is 3.76. The highest BCUT2D eigenvalue weighted by Gasteiger charge is 2.18. The predicted molar refractivity (Wildman–Crippen MR) is 55.4 cm³/mol. The van der Waals surface area contributed by atoms with Crippen LogP contribution in [0.5, 0.6) is 0 Å². The Morgan fingerprint density at radius 1 is 1.47 bits per heavy atom. The van der Waals surface area contributed by atoms with Gasteiger partial charge in [-0.05, 0) is 18.0 Å². The van der Waals surface area contributed by atoms with Crippen molar-refractivity contribution in [2.75, 3.05) is 0 Å². The van der Waals surface area contributed by atoms with E-state index >= 15 is 0 Å². The number of aromatic nitrogens is 4. The van der Waals surface area contributed by atoms with Crippen molar-refractivity contribution in [3.8, 4) is 0 Å². The van der Waals surface area contributed by atoms with E-state index in [-0.39, 0.29) is 0 Å². The van der Waals surface area contributed by atoms with Gasteiger partial charge < -0.3 is 5.11 Å². The molecule has 2 aromatic heterocycles. The fourth-order valence-corrected chi connectivity index (χ4v) is 1.99. The second-order valence-electron chi connectivity index (χ2n) is 2.97. The lowest BCUT2D eigenvalue weighted by Crippen LogP contribution is -2.03. The van der Waals surface area contributed by atoms with E-state index in [0.717, 1.165) is 17.0 Å². The van der Waals surface area contributed by atoms with Crippen LogP contribution in [0.2, 0.25) is 0 Å². The molecule has 0 bridgehead atoms. The number of rotatable bonds is 3. The van der Waals surface area contributed by atoms with Gasteiger partial charge in [-0.1, -0.05) is 11.4 Å². The average molecular weight is 222 g/mol. The summed E-state index contributed by atoms with van der Waals surface area (Å²) in [6.07, 6.45) is 4.65. The molecular formula is C9H10N4OS. The third-order valence-electron chi connectivity index (χ3n) is 2.03. The molecule has 0 amide bonds. The first-order chi connectivity index (χ1) is 7.33. The molecule has 0 saturated carbocycles. The molecule has 78 valence electrons. The van der Waals surface area contributed by atoms with Gasteiger partial charge in [0.1, 0.15) is 6.10 Å². The first kappa shape index (κ1) is 10.1. The minimum atomic E-state index is -0.770. The highest BCUT2D eigenvalue weighted by atomic mass is 32.1. The highest BCUT2D eigenvalue weighted by Crippen LogP contribution is 2.25. The van der Waals surface area contributed by atoms with Crippen molar-refractivity contribution in [3.05, 3.63) is 34.9 Å². The van der Waals surface area contributed by atoms with Gasteiger partial charge in [0, 0.05) is 12.4 Å². The van der Waals surface area contributed by atoms with Crippen LogP contribution in [0.4, 0.5) is 0 Å². The summed E-state index contributed by atoms with van der Waals surface area (Å²) in [4.78, 5) is 8.71. The first-order valence-electron chi connectivity index (χ1n) is 4.58. The van der Waals surface area contributed by atoms with Crippen LogP contribution in [0, 0.1) is 0 Å². The van der Waals surface area contributed by atoms with Gasteiger partial charge in [-0.2, -0.15) is 0 Å². The summed E-state index contributed by atoms with van der Waals surface area (Å²) in [5, 5.41) is 14.0. The Kier molecular flexibility index (Phi) is 2.98. The zero-order chi connectivity index (χ0) is 10.7. The van der Waals surface area contributed by atoms with Gasteiger partial charge in [0.05, 0.1) is 22.5 Å². The maximum Gasteiger partial charge on any atom is 0.135 e. The summed E-state index contributed by atoms with van der Waals surface area (Å²) < 4.78 is 3.82. The third-order valence-corrected chi connectivity index (χ3v) is 2.85. The summed E-state index contributed by atoms with van der Waals surface area (Å²) in [6, 6.07) is 0. The minimum absolute atomic E-state index is 0.526. The van der Waals surface area contributed by atoms with Crippen molar-refractivity contribution in [1.82, 2.24) is 19.6 Å². The summed E-state index contributed by atoms with van der Waals surface area (Å²) in [5.74, 6) is 0. The van der Waals surface area contributed by atoms with E-state index in [9.17, 15) is 5.11 Å². The number of aryl methyl sites for hydroxylation is 1. The molecule has 15 heavy (non-hydrogen) atoms. The van der Waals surface area contributed by atoms with Crippen LogP contribution >= 0.6 is 11.5 Å². The van der Waals surface area contributed by atoms with Gasteiger partial charge in [-0.15, -0.1) is 5.10 Å². The maximum absolute atomic E-state index is 10.0. The Morgan fingerprint density at radius 3 is 3.00 bits per heavy atom. The van der Waals surface area contributed by atoms with Crippen molar-refractivity contribution >= 4 is 11.5 Å². The molecule has 2 aromatic rings. The summed E-state index contributed by atoms with van der Waals surface area (Å²) in [5.41, 5.74) is 1.34. The smallest absolute Gasteiger partial charge is 0.135 e. The van der Waals surface area contributed by atoms with Crippen molar-refractivity contribution in [3.63, 3.8) is 0 Å². The lowest BCUT2D eigenvalue weighted by atomic mass is 10.1. The molecule has 0 saturated heterocycles. The quantitative estimate of drug-likeness (QED) is 0.837. The van der Waals surface area contributed by atoms with Crippen LogP contribution in [0.3, 0.4) is 0 Å². The topological polar surface area (TPSA) is 71.8 Å². The number of aliphatic hydroxyl groups excluding tert-OH is 1. The van der Waals surface area contributed by atoms with Crippen LogP contribution in [0.15, 0.2) is 18.6 Å². The van der Waals surface area contributed by atoms with E-state index in [0.29, 0.717) is 5.69 Å². The predicted octanol–water partition coefficient (Wildman–Crippen LogP) is 0.972. The Morgan fingerprint density at radius 2 is 2.33 bits per heavy atom. The molecule has 0 aliphatic heterocycles. The molecular weight excluding hydrogens is 212 g/mol. The molecule has 1 unspecified atom stereocenters. The number of nitrogens with zero attached hydrogens (tertiary/aromatic N) is 4. The fourth-order valence-electron chi connectivity index (χ4n) is 1.25. The molecule has 5 nitrogen and oxygen atoms in total. The highest BCUT2D eigenvalue weighted by molar-refractivity contribution is 7.05. The zero-order valence-electron chi connectivity index (χ0n) is 8.16. The third kappa shape index (κ3) is 2.00. The lowest BCUT2D eigenvalue weighted by molar-refractivity contribution is 0.217. The standard InChI is InChI=1S/C9H10N4OS/c1-2-6-9(15-13-12-6)8(14)7-5-10-3-4-11-7/h3-5,8,14H,2H2,1H3. The number of hydrogen-bond acceptors (Lipinski definition) is 6. The van der Waals surface area contributed by atoms with Gasteiger partial charge in [-0.25, -0.2) is 0 Å². The molecule has 1 N–H and O–H groups in total. The Bertz CT molecular complexity index is 431. The monoisotopic (exact) mass is 222 g/mol. The summed E-state index contributed by atoms with van der Waals surface area (Å²) in [7, 11) is 0. The molecule has 0 aliphatic rings. The molecule has 0 spiro atoms. The van der Waals surface area contributed by atoms with Crippen molar-refractivity contribution in [1.29, 1.82) is 0 Å². The van der Waals surface area contributed by atoms with E-state index in [1.807, 2.05) is 6.92 Å². The van der Waals surface area contributed by atoms with Crippen LogP contribution in [-0.2, 0) is 6.42 Å².